The normalized spacial score (nSPS) is 20.5. The van der Waals surface area contributed by atoms with Gasteiger partial charge in [0, 0.05) is 14.1 Å². The predicted octanol–water partition coefficient (Wildman–Crippen LogP) is 3.18. The molecule has 0 unspecified atom stereocenters. The summed E-state index contributed by atoms with van der Waals surface area (Å²) in [5.41, 5.74) is 0.702. The minimum absolute atomic E-state index is 0.118. The van der Waals surface area contributed by atoms with Gasteiger partial charge in [-0.3, -0.25) is 0 Å². The van der Waals surface area contributed by atoms with Crippen LogP contribution >= 0.6 is 0 Å². The van der Waals surface area contributed by atoms with Crippen LogP contribution in [0.25, 0.3) is 11.0 Å². The first-order valence-corrected chi connectivity index (χ1v) is 18.3. The van der Waals surface area contributed by atoms with Crippen LogP contribution in [0.5, 0.6) is 0 Å². The molecule has 4 atom stereocenters. The lowest BCUT2D eigenvalue weighted by Crippen LogP contribution is -2.67. The SMILES string of the molecule is CN(C)S(=O)(=O)n1c([C@H](O)[C@H]2OC(C)(C)O[C@@H]2[C@H](O)CO[Si](c2ccccc2)(c2ccccc2)C(C)(C)C)nc2ccccc21. The fourth-order valence-corrected chi connectivity index (χ4v) is 11.9. The van der Waals surface area contributed by atoms with E-state index in [1.54, 1.807) is 38.1 Å². The van der Waals surface area contributed by atoms with Crippen molar-refractivity contribution in [2.24, 2.45) is 0 Å². The molecule has 45 heavy (non-hydrogen) atoms. The van der Waals surface area contributed by atoms with E-state index >= 15 is 0 Å². The van der Waals surface area contributed by atoms with E-state index in [9.17, 15) is 18.6 Å². The molecule has 1 fully saturated rings. The second-order valence-corrected chi connectivity index (χ2v) is 19.4. The molecule has 1 aliphatic heterocycles. The number of aliphatic hydroxyl groups excluding tert-OH is 2. The lowest BCUT2D eigenvalue weighted by atomic mass is 10.0. The summed E-state index contributed by atoms with van der Waals surface area (Å²) in [6, 6.07) is 26.9. The van der Waals surface area contributed by atoms with Crippen molar-refractivity contribution in [3.8, 4) is 0 Å². The van der Waals surface area contributed by atoms with Crippen molar-refractivity contribution in [1.29, 1.82) is 0 Å². The fraction of sp³-hybridized carbons (Fsp3) is 0.424. The molecule has 3 aromatic carbocycles. The van der Waals surface area contributed by atoms with Crippen LogP contribution in [0, 0.1) is 0 Å². The zero-order valence-corrected chi connectivity index (χ0v) is 28.6. The number of hydrogen-bond acceptors (Lipinski definition) is 8. The fourth-order valence-electron chi connectivity index (χ4n) is 6.19. The Labute approximate surface area is 266 Å². The van der Waals surface area contributed by atoms with Crippen molar-refractivity contribution >= 4 is 39.9 Å². The van der Waals surface area contributed by atoms with E-state index in [2.05, 4.69) is 50.0 Å². The summed E-state index contributed by atoms with van der Waals surface area (Å²) in [6.07, 6.45) is -5.04. The standard InChI is InChI=1S/C33H43N3O7SSi/c1-32(2,3)45(23-16-10-8-11-17-23,24-18-12-9-13-19-24)41-22-27(37)29-30(43-33(4,5)42-29)28(38)31-34-25-20-14-15-21-26(25)36(31)44(39,40)35(6)7/h8-21,27-30,37-38H,22H2,1-7H3/t27-,28-,29-,30-/m1/s1. The third-order valence-corrected chi connectivity index (χ3v) is 15.0. The van der Waals surface area contributed by atoms with Gasteiger partial charge in [-0.15, -0.1) is 0 Å². The van der Waals surface area contributed by atoms with Gasteiger partial charge >= 0.3 is 10.2 Å². The van der Waals surface area contributed by atoms with Crippen molar-refractivity contribution in [2.45, 2.75) is 69.9 Å². The van der Waals surface area contributed by atoms with Gasteiger partial charge < -0.3 is 24.1 Å². The molecule has 2 heterocycles. The summed E-state index contributed by atoms with van der Waals surface area (Å²) in [6.45, 7) is 9.68. The molecule has 0 bridgehead atoms. The molecule has 0 spiro atoms. The number of aromatic nitrogens is 2. The van der Waals surface area contributed by atoms with Crippen LogP contribution in [0.15, 0.2) is 84.9 Å². The lowest BCUT2D eigenvalue weighted by Gasteiger charge is -2.43. The summed E-state index contributed by atoms with van der Waals surface area (Å²) in [5.74, 6) is -1.33. The highest BCUT2D eigenvalue weighted by molar-refractivity contribution is 7.87. The van der Waals surface area contributed by atoms with Crippen LogP contribution in [-0.2, 0) is 24.1 Å². The summed E-state index contributed by atoms with van der Waals surface area (Å²) >= 11 is 0. The molecule has 2 N–H and O–H groups in total. The van der Waals surface area contributed by atoms with E-state index in [1.165, 1.54) is 14.1 Å². The Morgan fingerprint density at radius 3 is 1.96 bits per heavy atom. The first-order chi connectivity index (χ1) is 21.1. The highest BCUT2D eigenvalue weighted by Crippen LogP contribution is 2.40. The molecule has 1 aliphatic rings. The number of aliphatic hydroxyl groups is 2. The van der Waals surface area contributed by atoms with Gasteiger partial charge in [0.15, 0.2) is 11.6 Å². The minimum Gasteiger partial charge on any atom is -0.405 e. The molecule has 0 radical (unpaired) electrons. The van der Waals surface area contributed by atoms with E-state index in [0.29, 0.717) is 11.0 Å². The van der Waals surface area contributed by atoms with Gasteiger partial charge in [0.25, 0.3) is 8.32 Å². The molecule has 4 aromatic rings. The highest BCUT2D eigenvalue weighted by atomic mass is 32.2. The molecule has 0 saturated carbocycles. The number of ether oxygens (including phenoxy) is 2. The average molecular weight is 654 g/mol. The van der Waals surface area contributed by atoms with Crippen LogP contribution < -0.4 is 10.4 Å². The van der Waals surface area contributed by atoms with Crippen molar-refractivity contribution in [3.63, 3.8) is 0 Å². The molecule has 1 saturated heterocycles. The van der Waals surface area contributed by atoms with Crippen molar-refractivity contribution < 1.29 is 32.5 Å². The Balaban J connectivity index is 1.53. The number of rotatable bonds is 10. The predicted molar refractivity (Wildman–Crippen MR) is 176 cm³/mol. The number of hydrogen-bond donors (Lipinski definition) is 2. The molecular formula is C33H43N3O7SSi. The number of benzene rings is 3. The summed E-state index contributed by atoms with van der Waals surface area (Å²) < 4.78 is 48.3. The van der Waals surface area contributed by atoms with Gasteiger partial charge in [0.1, 0.15) is 24.4 Å². The third-order valence-electron chi connectivity index (χ3n) is 8.24. The van der Waals surface area contributed by atoms with E-state index < -0.39 is 48.7 Å². The van der Waals surface area contributed by atoms with E-state index in [4.69, 9.17) is 13.9 Å². The van der Waals surface area contributed by atoms with Crippen molar-refractivity contribution in [1.82, 2.24) is 13.3 Å². The van der Waals surface area contributed by atoms with Gasteiger partial charge in [-0.1, -0.05) is 93.6 Å². The Morgan fingerprint density at radius 2 is 1.42 bits per heavy atom. The number of para-hydroxylation sites is 2. The van der Waals surface area contributed by atoms with Gasteiger partial charge in [-0.25, -0.2) is 8.96 Å². The number of fused-ring (bicyclic) bond motifs is 1. The largest absolute Gasteiger partial charge is 0.405 e. The molecule has 0 aliphatic carbocycles. The first kappa shape index (κ1) is 33.4. The van der Waals surface area contributed by atoms with Gasteiger partial charge in [0.05, 0.1) is 17.6 Å². The summed E-state index contributed by atoms with van der Waals surface area (Å²) in [7, 11) is -4.27. The second kappa shape index (κ2) is 12.3. The maximum atomic E-state index is 13.5. The first-order valence-electron chi connectivity index (χ1n) is 15.0. The zero-order chi connectivity index (χ0) is 32.8. The Hall–Kier alpha value is -2.94. The highest BCUT2D eigenvalue weighted by Gasteiger charge is 2.53. The maximum absolute atomic E-state index is 13.5. The smallest absolute Gasteiger partial charge is 0.309 e. The molecule has 10 nitrogen and oxygen atoms in total. The third kappa shape index (κ3) is 6.13. The molecule has 1 aromatic heterocycles. The van der Waals surface area contributed by atoms with E-state index in [-0.39, 0.29) is 17.5 Å². The second-order valence-electron chi connectivity index (χ2n) is 13.1. The van der Waals surface area contributed by atoms with Crippen LogP contribution in [-0.4, -0.2) is 85.0 Å². The van der Waals surface area contributed by atoms with Gasteiger partial charge in [0.2, 0.25) is 0 Å². The van der Waals surface area contributed by atoms with Gasteiger partial charge in [-0.05, 0) is 41.4 Å². The van der Waals surface area contributed by atoms with E-state index in [0.717, 1.165) is 18.7 Å². The maximum Gasteiger partial charge on any atom is 0.309 e. The van der Waals surface area contributed by atoms with Crippen molar-refractivity contribution in [2.75, 3.05) is 20.7 Å². The Morgan fingerprint density at radius 1 is 0.911 bits per heavy atom. The van der Waals surface area contributed by atoms with Crippen LogP contribution in [0.2, 0.25) is 5.04 Å². The molecule has 5 rings (SSSR count). The topological polar surface area (TPSA) is 123 Å². The lowest BCUT2D eigenvalue weighted by molar-refractivity contribution is -0.162. The summed E-state index contributed by atoms with van der Waals surface area (Å²) in [4.78, 5) is 4.51. The summed E-state index contributed by atoms with van der Waals surface area (Å²) in [5, 5.41) is 25.3. The van der Waals surface area contributed by atoms with Crippen LogP contribution in [0.1, 0.15) is 46.5 Å². The monoisotopic (exact) mass is 653 g/mol. The van der Waals surface area contributed by atoms with Crippen LogP contribution in [0.4, 0.5) is 0 Å². The van der Waals surface area contributed by atoms with Gasteiger partial charge in [-0.2, -0.15) is 12.7 Å². The average Bonchev–Trinajstić information content (AvgIpc) is 3.55. The van der Waals surface area contributed by atoms with Crippen LogP contribution in [0.3, 0.4) is 0 Å². The number of imidazole rings is 1. The molecule has 12 heteroatoms. The quantitative estimate of drug-likeness (QED) is 0.250. The Bertz CT molecular complexity index is 1680. The number of nitrogens with zero attached hydrogens (tertiary/aromatic N) is 3. The molecular weight excluding hydrogens is 611 g/mol. The minimum atomic E-state index is -4.09. The molecule has 0 amide bonds. The van der Waals surface area contributed by atoms with Crippen molar-refractivity contribution in [3.05, 3.63) is 90.8 Å². The Kier molecular flexibility index (Phi) is 9.17. The molecule has 242 valence electrons. The zero-order valence-electron chi connectivity index (χ0n) is 26.8. The van der Waals surface area contributed by atoms with E-state index in [1.807, 2.05) is 36.4 Å².